The van der Waals surface area contributed by atoms with Gasteiger partial charge in [0.15, 0.2) is 0 Å². The van der Waals surface area contributed by atoms with Crippen LogP contribution >= 0.6 is 0 Å². The van der Waals surface area contributed by atoms with E-state index in [1.165, 1.54) is 25.5 Å². The molecule has 1 rings (SSSR count). The number of nitrogens with two attached hydrogens (primary N) is 1. The average Bonchev–Trinajstić information content (AvgIpc) is 2.27. The van der Waals surface area contributed by atoms with Gasteiger partial charge in [-0.2, -0.15) is 0 Å². The molecule has 0 bridgehead atoms. The van der Waals surface area contributed by atoms with Crippen LogP contribution in [0.3, 0.4) is 0 Å². The summed E-state index contributed by atoms with van der Waals surface area (Å²) in [7, 11) is -2.12. The molecule has 0 amide bonds. The number of sulfonamides is 1. The number of aromatic nitrogens is 1. The van der Waals surface area contributed by atoms with Gasteiger partial charge < -0.3 is 5.73 Å². The number of rotatable bonds is 2. The maximum absolute atomic E-state index is 11.4. The molecule has 6 heteroatoms. The van der Waals surface area contributed by atoms with Crippen LogP contribution < -0.4 is 10.5 Å². The molecule has 0 fully saturated rings. The molecule has 0 aromatic carbocycles. The first kappa shape index (κ1) is 11.7. The van der Waals surface area contributed by atoms with Crippen molar-refractivity contribution in [3.8, 4) is 11.8 Å². The van der Waals surface area contributed by atoms with E-state index in [0.29, 0.717) is 5.56 Å². The molecule has 0 atom stereocenters. The van der Waals surface area contributed by atoms with E-state index in [1.54, 1.807) is 0 Å². The highest BCUT2D eigenvalue weighted by molar-refractivity contribution is 7.89. The van der Waals surface area contributed by atoms with Gasteiger partial charge in [-0.15, -0.1) is 0 Å². The first-order valence-corrected chi connectivity index (χ1v) is 5.66. The van der Waals surface area contributed by atoms with Gasteiger partial charge in [-0.25, -0.2) is 13.1 Å². The molecule has 0 saturated carbocycles. The maximum atomic E-state index is 11.4. The Morgan fingerprint density at radius 2 is 2.27 bits per heavy atom. The SMILES string of the molecule is CNS(=O)(=O)c1cncc(C#CCN)c1. The van der Waals surface area contributed by atoms with Crippen molar-refractivity contribution in [2.45, 2.75) is 4.90 Å². The molecular weight excluding hydrogens is 214 g/mol. The Morgan fingerprint density at radius 3 is 2.87 bits per heavy atom. The monoisotopic (exact) mass is 225 g/mol. The molecule has 0 unspecified atom stereocenters. The van der Waals surface area contributed by atoms with Crippen LogP contribution in [-0.2, 0) is 10.0 Å². The zero-order valence-electron chi connectivity index (χ0n) is 8.19. The Morgan fingerprint density at radius 1 is 1.53 bits per heavy atom. The third-order valence-corrected chi connectivity index (χ3v) is 3.01. The van der Waals surface area contributed by atoms with Gasteiger partial charge in [-0.05, 0) is 13.1 Å². The molecule has 0 aliphatic carbocycles. The first-order chi connectivity index (χ1) is 7.10. The van der Waals surface area contributed by atoms with Gasteiger partial charge in [0.1, 0.15) is 4.90 Å². The van der Waals surface area contributed by atoms with E-state index in [0.717, 1.165) is 0 Å². The lowest BCUT2D eigenvalue weighted by molar-refractivity contribution is 0.588. The summed E-state index contributed by atoms with van der Waals surface area (Å²) in [5.41, 5.74) is 5.73. The molecule has 3 N–H and O–H groups in total. The molecule has 0 saturated heterocycles. The van der Waals surface area contributed by atoms with E-state index in [9.17, 15) is 8.42 Å². The Kier molecular flexibility index (Phi) is 3.80. The van der Waals surface area contributed by atoms with Gasteiger partial charge in [0.25, 0.3) is 0 Å². The van der Waals surface area contributed by atoms with Crippen molar-refractivity contribution < 1.29 is 8.42 Å². The van der Waals surface area contributed by atoms with E-state index < -0.39 is 10.0 Å². The average molecular weight is 225 g/mol. The van der Waals surface area contributed by atoms with Crippen LogP contribution in [0.25, 0.3) is 0 Å². The van der Waals surface area contributed by atoms with Crippen LogP contribution in [0.1, 0.15) is 5.56 Å². The first-order valence-electron chi connectivity index (χ1n) is 4.17. The quantitative estimate of drug-likeness (QED) is 0.652. The summed E-state index contributed by atoms with van der Waals surface area (Å²) in [6.07, 6.45) is 2.75. The predicted molar refractivity (Wildman–Crippen MR) is 56.4 cm³/mol. The van der Waals surface area contributed by atoms with Crippen molar-refractivity contribution in [2.75, 3.05) is 13.6 Å². The second-order valence-electron chi connectivity index (χ2n) is 2.62. The van der Waals surface area contributed by atoms with E-state index >= 15 is 0 Å². The summed E-state index contributed by atoms with van der Waals surface area (Å²) in [4.78, 5) is 3.88. The topological polar surface area (TPSA) is 85.1 Å². The van der Waals surface area contributed by atoms with Gasteiger partial charge in [-0.1, -0.05) is 11.8 Å². The van der Waals surface area contributed by atoms with Gasteiger partial charge in [0, 0.05) is 18.0 Å². The van der Waals surface area contributed by atoms with E-state index in [-0.39, 0.29) is 11.4 Å². The Bertz CT molecular complexity index is 500. The zero-order valence-corrected chi connectivity index (χ0v) is 9.00. The smallest absolute Gasteiger partial charge is 0.241 e. The standard InChI is InChI=1S/C9H11N3O2S/c1-11-15(13,14)9-5-8(3-2-4-10)6-12-7-9/h5-7,11H,4,10H2,1H3. The van der Waals surface area contributed by atoms with E-state index in [1.807, 2.05) is 0 Å². The molecular formula is C9H11N3O2S. The fourth-order valence-electron chi connectivity index (χ4n) is 0.905. The number of pyridine rings is 1. The third-order valence-electron chi connectivity index (χ3n) is 1.63. The van der Waals surface area contributed by atoms with Gasteiger partial charge in [0.05, 0.1) is 6.54 Å². The normalized spacial score (nSPS) is 10.5. The number of nitrogens with one attached hydrogen (secondary N) is 1. The summed E-state index contributed by atoms with van der Waals surface area (Å²) in [6, 6.07) is 1.45. The highest BCUT2D eigenvalue weighted by atomic mass is 32.2. The third kappa shape index (κ3) is 3.02. The van der Waals surface area contributed by atoms with Gasteiger partial charge in [-0.3, -0.25) is 4.98 Å². The minimum Gasteiger partial charge on any atom is -0.320 e. The van der Waals surface area contributed by atoms with Crippen molar-refractivity contribution >= 4 is 10.0 Å². The Hall–Kier alpha value is -1.42. The molecule has 0 aliphatic heterocycles. The predicted octanol–water partition coefficient (Wildman–Crippen LogP) is -0.700. The van der Waals surface area contributed by atoms with Gasteiger partial charge in [0.2, 0.25) is 10.0 Å². The van der Waals surface area contributed by atoms with Crippen LogP contribution in [-0.4, -0.2) is 27.0 Å². The molecule has 15 heavy (non-hydrogen) atoms. The Balaban J connectivity index is 3.14. The molecule has 0 radical (unpaired) electrons. The summed E-state index contributed by atoms with van der Waals surface area (Å²) in [6.45, 7) is 0.225. The Labute approximate surface area is 88.8 Å². The fraction of sp³-hybridized carbons (Fsp3) is 0.222. The van der Waals surface area contributed by atoms with Gasteiger partial charge >= 0.3 is 0 Å². The summed E-state index contributed by atoms with van der Waals surface area (Å²) >= 11 is 0. The second-order valence-corrected chi connectivity index (χ2v) is 4.51. The van der Waals surface area contributed by atoms with Crippen molar-refractivity contribution in [3.05, 3.63) is 24.0 Å². The van der Waals surface area contributed by atoms with Crippen LogP contribution in [0, 0.1) is 11.8 Å². The van der Waals surface area contributed by atoms with E-state index in [4.69, 9.17) is 5.73 Å². The van der Waals surface area contributed by atoms with Crippen LogP contribution in [0.15, 0.2) is 23.4 Å². The van der Waals surface area contributed by atoms with Crippen molar-refractivity contribution in [2.24, 2.45) is 5.73 Å². The lowest BCUT2D eigenvalue weighted by Crippen LogP contribution is -2.18. The fourth-order valence-corrected chi connectivity index (χ4v) is 1.62. The molecule has 80 valence electrons. The van der Waals surface area contributed by atoms with Crippen molar-refractivity contribution in [1.29, 1.82) is 0 Å². The van der Waals surface area contributed by atoms with Crippen LogP contribution in [0.2, 0.25) is 0 Å². The van der Waals surface area contributed by atoms with Crippen LogP contribution in [0.4, 0.5) is 0 Å². The number of hydrogen-bond donors (Lipinski definition) is 2. The summed E-state index contributed by atoms with van der Waals surface area (Å²) in [5, 5.41) is 0. The van der Waals surface area contributed by atoms with Crippen molar-refractivity contribution in [3.63, 3.8) is 0 Å². The molecule has 1 aromatic heterocycles. The maximum Gasteiger partial charge on any atom is 0.241 e. The lowest BCUT2D eigenvalue weighted by atomic mass is 10.3. The largest absolute Gasteiger partial charge is 0.320 e. The number of nitrogens with zero attached hydrogens (tertiary/aromatic N) is 1. The lowest BCUT2D eigenvalue weighted by Gasteiger charge is -2.01. The summed E-state index contributed by atoms with van der Waals surface area (Å²) < 4.78 is 25.0. The molecule has 0 spiro atoms. The molecule has 1 heterocycles. The number of hydrogen-bond acceptors (Lipinski definition) is 4. The van der Waals surface area contributed by atoms with Crippen LogP contribution in [0.5, 0.6) is 0 Å². The summed E-state index contributed by atoms with van der Waals surface area (Å²) in [5.74, 6) is 5.33. The van der Waals surface area contributed by atoms with E-state index in [2.05, 4.69) is 21.5 Å². The molecule has 1 aromatic rings. The highest BCUT2D eigenvalue weighted by Gasteiger charge is 2.11. The van der Waals surface area contributed by atoms with Crippen molar-refractivity contribution in [1.82, 2.24) is 9.71 Å². The minimum absolute atomic E-state index is 0.0915. The highest BCUT2D eigenvalue weighted by Crippen LogP contribution is 2.07. The minimum atomic E-state index is -3.46. The zero-order chi connectivity index (χ0) is 11.3. The molecule has 0 aliphatic rings. The molecule has 5 nitrogen and oxygen atoms in total. The second kappa shape index (κ2) is 4.89.